The van der Waals surface area contributed by atoms with Crippen LogP contribution >= 0.6 is 0 Å². The first-order chi connectivity index (χ1) is 9.07. The van der Waals surface area contributed by atoms with Crippen molar-refractivity contribution in [2.75, 3.05) is 12.4 Å². The molecule has 1 rings (SSSR count). The van der Waals surface area contributed by atoms with E-state index in [9.17, 15) is 8.42 Å². The van der Waals surface area contributed by atoms with Crippen molar-refractivity contribution < 1.29 is 13.2 Å². The van der Waals surface area contributed by atoms with E-state index in [1.165, 1.54) is 6.42 Å². The lowest BCUT2D eigenvalue weighted by Gasteiger charge is -2.38. The molecule has 1 aliphatic carbocycles. The van der Waals surface area contributed by atoms with Gasteiger partial charge in [-0.05, 0) is 49.4 Å². The van der Waals surface area contributed by atoms with E-state index in [1.54, 1.807) is 0 Å². The minimum absolute atomic E-state index is 0.0711. The Morgan fingerprint density at radius 1 is 1.30 bits per heavy atom. The van der Waals surface area contributed by atoms with Crippen LogP contribution in [-0.4, -0.2) is 26.9 Å². The van der Waals surface area contributed by atoms with E-state index in [0.29, 0.717) is 23.9 Å². The van der Waals surface area contributed by atoms with E-state index in [4.69, 9.17) is 9.88 Å². The van der Waals surface area contributed by atoms with E-state index in [0.717, 1.165) is 31.8 Å². The molecule has 1 aliphatic rings. The molecule has 0 bridgehead atoms. The molecule has 0 aliphatic heterocycles. The molecule has 1 fully saturated rings. The molecule has 2 N–H and O–H groups in total. The van der Waals surface area contributed by atoms with Crippen molar-refractivity contribution in [3.05, 3.63) is 0 Å². The maximum Gasteiger partial charge on any atom is 0.209 e. The highest BCUT2D eigenvalue weighted by Gasteiger charge is 2.32. The summed E-state index contributed by atoms with van der Waals surface area (Å²) >= 11 is 0. The topological polar surface area (TPSA) is 69.4 Å². The van der Waals surface area contributed by atoms with Crippen LogP contribution in [0.5, 0.6) is 0 Å². The molecule has 0 aromatic rings. The van der Waals surface area contributed by atoms with Gasteiger partial charge in [0.05, 0.1) is 11.9 Å². The summed E-state index contributed by atoms with van der Waals surface area (Å²) in [6.45, 7) is 9.70. The molecule has 0 aromatic heterocycles. The third-order valence-corrected chi connectivity index (χ3v) is 5.01. The Morgan fingerprint density at radius 2 is 1.95 bits per heavy atom. The lowest BCUT2D eigenvalue weighted by Crippen LogP contribution is -2.33. The lowest BCUT2D eigenvalue weighted by atomic mass is 9.71. The standard InChI is InChI=1S/C15H31NO3S/c1-12(6-8-20(16,17)18)5-7-19-14-9-13(2)10-15(3,4)11-14/h12-14H,5-11H2,1-4H3,(H2,16,17,18). The maximum atomic E-state index is 10.9. The highest BCUT2D eigenvalue weighted by atomic mass is 32.2. The van der Waals surface area contributed by atoms with Crippen molar-refractivity contribution in [2.24, 2.45) is 22.4 Å². The van der Waals surface area contributed by atoms with Gasteiger partial charge in [0.2, 0.25) is 10.0 Å². The molecular weight excluding hydrogens is 274 g/mol. The van der Waals surface area contributed by atoms with Gasteiger partial charge in [0.25, 0.3) is 0 Å². The van der Waals surface area contributed by atoms with E-state index in [1.807, 2.05) is 0 Å². The first-order valence-corrected chi connectivity index (χ1v) is 9.41. The zero-order chi connectivity index (χ0) is 15.4. The van der Waals surface area contributed by atoms with Crippen LogP contribution in [0.25, 0.3) is 0 Å². The van der Waals surface area contributed by atoms with Crippen LogP contribution in [0.3, 0.4) is 0 Å². The van der Waals surface area contributed by atoms with Crippen LogP contribution in [0.4, 0.5) is 0 Å². The van der Waals surface area contributed by atoms with Crippen molar-refractivity contribution in [1.29, 1.82) is 0 Å². The van der Waals surface area contributed by atoms with Crippen LogP contribution in [0.2, 0.25) is 0 Å². The SMILES string of the molecule is CC(CCOC1CC(C)CC(C)(C)C1)CCS(N)(=O)=O. The monoisotopic (exact) mass is 305 g/mol. The van der Waals surface area contributed by atoms with Crippen molar-refractivity contribution in [3.8, 4) is 0 Å². The lowest BCUT2D eigenvalue weighted by molar-refractivity contribution is -0.0266. The van der Waals surface area contributed by atoms with Crippen LogP contribution in [0.1, 0.15) is 59.8 Å². The van der Waals surface area contributed by atoms with Crippen molar-refractivity contribution in [3.63, 3.8) is 0 Å². The van der Waals surface area contributed by atoms with Gasteiger partial charge >= 0.3 is 0 Å². The summed E-state index contributed by atoms with van der Waals surface area (Å²) in [6, 6.07) is 0. The molecule has 1 saturated carbocycles. The summed E-state index contributed by atoms with van der Waals surface area (Å²) < 4.78 is 27.8. The summed E-state index contributed by atoms with van der Waals surface area (Å²) in [7, 11) is -3.33. The number of rotatable bonds is 7. The molecule has 0 radical (unpaired) electrons. The number of sulfonamides is 1. The van der Waals surface area contributed by atoms with E-state index in [-0.39, 0.29) is 5.75 Å². The number of hydrogen-bond acceptors (Lipinski definition) is 3. The van der Waals surface area contributed by atoms with Gasteiger partial charge in [-0.1, -0.05) is 27.7 Å². The average Bonchev–Trinajstić information content (AvgIpc) is 2.22. The minimum Gasteiger partial charge on any atom is -0.378 e. The van der Waals surface area contributed by atoms with Gasteiger partial charge in [-0.3, -0.25) is 0 Å². The fourth-order valence-corrected chi connectivity index (χ4v) is 4.06. The van der Waals surface area contributed by atoms with Crippen LogP contribution in [0.15, 0.2) is 0 Å². The quantitative estimate of drug-likeness (QED) is 0.786. The smallest absolute Gasteiger partial charge is 0.209 e. The van der Waals surface area contributed by atoms with E-state index in [2.05, 4.69) is 27.7 Å². The van der Waals surface area contributed by atoms with Gasteiger partial charge in [0, 0.05) is 6.61 Å². The van der Waals surface area contributed by atoms with Gasteiger partial charge < -0.3 is 4.74 Å². The fraction of sp³-hybridized carbons (Fsp3) is 1.00. The summed E-state index contributed by atoms with van der Waals surface area (Å²) in [5, 5.41) is 5.02. The van der Waals surface area contributed by atoms with Gasteiger partial charge in [0.15, 0.2) is 0 Å². The highest BCUT2D eigenvalue weighted by molar-refractivity contribution is 7.89. The highest BCUT2D eigenvalue weighted by Crippen LogP contribution is 2.39. The fourth-order valence-electron chi connectivity index (χ4n) is 3.33. The molecule has 0 heterocycles. The van der Waals surface area contributed by atoms with Crippen LogP contribution in [-0.2, 0) is 14.8 Å². The molecule has 0 spiro atoms. The molecule has 3 atom stereocenters. The molecule has 4 nitrogen and oxygen atoms in total. The second-order valence-corrected chi connectivity index (χ2v) is 9.19. The van der Waals surface area contributed by atoms with Gasteiger partial charge in [-0.25, -0.2) is 13.6 Å². The summed E-state index contributed by atoms with van der Waals surface area (Å²) in [4.78, 5) is 0. The van der Waals surface area contributed by atoms with E-state index >= 15 is 0 Å². The Morgan fingerprint density at radius 3 is 2.50 bits per heavy atom. The van der Waals surface area contributed by atoms with Crippen molar-refractivity contribution in [1.82, 2.24) is 0 Å². The summed E-state index contributed by atoms with van der Waals surface area (Å²) in [5.41, 5.74) is 0.377. The van der Waals surface area contributed by atoms with Crippen LogP contribution < -0.4 is 5.14 Å². The van der Waals surface area contributed by atoms with Gasteiger partial charge in [-0.15, -0.1) is 0 Å². The first kappa shape index (κ1) is 17.9. The maximum absolute atomic E-state index is 10.9. The Kier molecular flexibility index (Phi) is 6.48. The van der Waals surface area contributed by atoms with Gasteiger partial charge in [-0.2, -0.15) is 0 Å². The number of primary sulfonamides is 1. The molecule has 20 heavy (non-hydrogen) atoms. The second kappa shape index (κ2) is 7.23. The van der Waals surface area contributed by atoms with Crippen molar-refractivity contribution in [2.45, 2.75) is 65.9 Å². The first-order valence-electron chi connectivity index (χ1n) is 7.69. The molecule has 3 unspecified atom stereocenters. The number of ether oxygens (including phenoxy) is 1. The molecule has 0 saturated heterocycles. The third kappa shape index (κ3) is 7.60. The summed E-state index contributed by atoms with van der Waals surface area (Å²) in [6.07, 6.45) is 5.43. The zero-order valence-corrected chi connectivity index (χ0v) is 14.2. The Hall–Kier alpha value is -0.130. The predicted molar refractivity (Wildman–Crippen MR) is 82.9 cm³/mol. The molecule has 5 heteroatoms. The molecule has 0 amide bonds. The Bertz CT molecular complexity index is 392. The average molecular weight is 305 g/mol. The second-order valence-electron chi connectivity index (χ2n) is 7.46. The molecular formula is C15H31NO3S. The van der Waals surface area contributed by atoms with E-state index < -0.39 is 10.0 Å². The predicted octanol–water partition coefficient (Wildman–Crippen LogP) is 2.92. The number of hydrogen-bond donors (Lipinski definition) is 1. The Labute approximate surface area is 124 Å². The number of nitrogens with two attached hydrogens (primary N) is 1. The van der Waals surface area contributed by atoms with Gasteiger partial charge in [0.1, 0.15) is 0 Å². The zero-order valence-electron chi connectivity index (χ0n) is 13.4. The van der Waals surface area contributed by atoms with Crippen molar-refractivity contribution >= 4 is 10.0 Å². The minimum atomic E-state index is -3.33. The third-order valence-electron chi connectivity index (χ3n) is 4.21. The largest absolute Gasteiger partial charge is 0.378 e. The molecule has 0 aromatic carbocycles. The summed E-state index contributed by atoms with van der Waals surface area (Å²) in [5.74, 6) is 1.13. The molecule has 120 valence electrons. The van der Waals surface area contributed by atoms with Crippen LogP contribution in [0, 0.1) is 17.3 Å². The Balaban J connectivity index is 2.23. The normalized spacial score (nSPS) is 28.2.